The number of hydrogen-bond acceptors (Lipinski definition) is 6. The van der Waals surface area contributed by atoms with Gasteiger partial charge in [0.1, 0.15) is 23.0 Å². The van der Waals surface area contributed by atoms with Gasteiger partial charge in [0.15, 0.2) is 0 Å². The zero-order valence-electron chi connectivity index (χ0n) is 15.1. The van der Waals surface area contributed by atoms with Crippen molar-refractivity contribution in [1.29, 1.82) is 0 Å². The number of nitrogens with one attached hydrogen (secondary N) is 1. The number of carbonyl (C=O) groups is 2. The lowest BCUT2D eigenvalue weighted by molar-refractivity contribution is -0.133. The van der Waals surface area contributed by atoms with Crippen LogP contribution in [0.4, 0.5) is 0 Å². The summed E-state index contributed by atoms with van der Waals surface area (Å²) in [6, 6.07) is 10.7. The van der Waals surface area contributed by atoms with E-state index in [2.05, 4.69) is 5.32 Å². The molecule has 1 aliphatic heterocycles. The summed E-state index contributed by atoms with van der Waals surface area (Å²) < 4.78 is 15.6. The van der Waals surface area contributed by atoms with Crippen molar-refractivity contribution in [3.05, 3.63) is 59.2 Å². The smallest absolute Gasteiger partial charge is 0.293 e. The SMILES string of the molecule is COc1ccc(/C(O)=C2\C(=O)C(=O)N[C@H]2c2ccc(OC)cc2OC)cc1. The van der Waals surface area contributed by atoms with Crippen molar-refractivity contribution in [3.8, 4) is 17.2 Å². The number of benzene rings is 2. The molecule has 1 aliphatic rings. The maximum absolute atomic E-state index is 12.4. The average molecular weight is 369 g/mol. The Labute approximate surface area is 156 Å². The van der Waals surface area contributed by atoms with E-state index in [1.165, 1.54) is 21.3 Å². The molecule has 1 fully saturated rings. The van der Waals surface area contributed by atoms with Crippen LogP contribution in [0.1, 0.15) is 17.2 Å². The number of hydrogen-bond donors (Lipinski definition) is 2. The van der Waals surface area contributed by atoms with Crippen molar-refractivity contribution in [1.82, 2.24) is 5.32 Å². The van der Waals surface area contributed by atoms with Crippen LogP contribution in [0.2, 0.25) is 0 Å². The Hall–Kier alpha value is -3.48. The van der Waals surface area contributed by atoms with E-state index in [1.54, 1.807) is 42.5 Å². The van der Waals surface area contributed by atoms with E-state index < -0.39 is 17.7 Å². The fourth-order valence-corrected chi connectivity index (χ4v) is 2.96. The van der Waals surface area contributed by atoms with Crippen molar-refractivity contribution < 1.29 is 28.9 Å². The van der Waals surface area contributed by atoms with Crippen LogP contribution in [-0.2, 0) is 9.59 Å². The molecule has 0 spiro atoms. The lowest BCUT2D eigenvalue weighted by Crippen LogP contribution is -2.21. The van der Waals surface area contributed by atoms with E-state index in [1.807, 2.05) is 0 Å². The molecule has 7 nitrogen and oxygen atoms in total. The number of aliphatic hydroxyl groups is 1. The first-order valence-electron chi connectivity index (χ1n) is 8.14. The van der Waals surface area contributed by atoms with Crippen molar-refractivity contribution in [3.63, 3.8) is 0 Å². The third-order valence-corrected chi connectivity index (χ3v) is 4.39. The summed E-state index contributed by atoms with van der Waals surface area (Å²) in [5.41, 5.74) is 0.898. The first kappa shape index (κ1) is 18.3. The first-order chi connectivity index (χ1) is 13.0. The Morgan fingerprint density at radius 3 is 2.15 bits per heavy atom. The van der Waals surface area contributed by atoms with E-state index in [0.29, 0.717) is 28.4 Å². The number of methoxy groups -OCH3 is 3. The topological polar surface area (TPSA) is 94.1 Å². The Kier molecular flexibility index (Phi) is 5.03. The van der Waals surface area contributed by atoms with Gasteiger partial charge in [0.2, 0.25) is 0 Å². The maximum atomic E-state index is 12.4. The maximum Gasteiger partial charge on any atom is 0.293 e. The molecule has 7 heteroatoms. The highest BCUT2D eigenvalue weighted by atomic mass is 16.5. The van der Waals surface area contributed by atoms with Gasteiger partial charge < -0.3 is 24.6 Å². The number of amides is 1. The number of ketones is 1. The molecule has 2 aromatic carbocycles. The molecule has 0 radical (unpaired) electrons. The van der Waals surface area contributed by atoms with Gasteiger partial charge in [-0.05, 0) is 36.4 Å². The van der Waals surface area contributed by atoms with Crippen molar-refractivity contribution in [2.45, 2.75) is 6.04 Å². The number of rotatable bonds is 5. The van der Waals surface area contributed by atoms with Crippen molar-refractivity contribution in [2.75, 3.05) is 21.3 Å². The summed E-state index contributed by atoms with van der Waals surface area (Å²) in [6.07, 6.45) is 0. The standard InChI is InChI=1S/C20H19NO6/c1-25-12-6-4-11(5-7-12)18(22)16-17(21-20(24)19(16)23)14-9-8-13(26-2)10-15(14)27-3/h4-10,17,22H,1-3H3,(H,21,24)/b18-16+/t17-/m0/s1. The molecule has 27 heavy (non-hydrogen) atoms. The molecule has 0 bridgehead atoms. The quantitative estimate of drug-likeness (QED) is 0.478. The third-order valence-electron chi connectivity index (χ3n) is 4.39. The summed E-state index contributed by atoms with van der Waals surface area (Å²) in [7, 11) is 4.53. The largest absolute Gasteiger partial charge is 0.507 e. The molecule has 140 valence electrons. The molecule has 1 heterocycles. The minimum atomic E-state index is -0.840. The van der Waals surface area contributed by atoms with Crippen LogP contribution in [0, 0.1) is 0 Å². The summed E-state index contributed by atoms with van der Waals surface area (Å²) in [5, 5.41) is 13.3. The summed E-state index contributed by atoms with van der Waals surface area (Å²) in [6.45, 7) is 0. The molecule has 0 aromatic heterocycles. The second kappa shape index (κ2) is 7.41. The molecular weight excluding hydrogens is 350 g/mol. The third kappa shape index (κ3) is 3.31. The van der Waals surface area contributed by atoms with Crippen LogP contribution in [0.3, 0.4) is 0 Å². The van der Waals surface area contributed by atoms with Gasteiger partial charge >= 0.3 is 0 Å². The van der Waals surface area contributed by atoms with Crippen LogP contribution in [0.25, 0.3) is 5.76 Å². The van der Waals surface area contributed by atoms with Gasteiger partial charge in [-0.2, -0.15) is 0 Å². The molecule has 2 aromatic rings. The highest BCUT2D eigenvalue weighted by Gasteiger charge is 2.40. The Bertz CT molecular complexity index is 917. The molecule has 2 N–H and O–H groups in total. The van der Waals surface area contributed by atoms with E-state index in [4.69, 9.17) is 14.2 Å². The van der Waals surface area contributed by atoms with Gasteiger partial charge in [-0.1, -0.05) is 0 Å². The zero-order valence-corrected chi connectivity index (χ0v) is 15.1. The van der Waals surface area contributed by atoms with Gasteiger partial charge in [-0.15, -0.1) is 0 Å². The minimum absolute atomic E-state index is 0.0337. The van der Waals surface area contributed by atoms with Crippen LogP contribution in [0.15, 0.2) is 48.0 Å². The van der Waals surface area contributed by atoms with E-state index >= 15 is 0 Å². The number of carbonyl (C=O) groups excluding carboxylic acids is 2. The highest BCUT2D eigenvalue weighted by molar-refractivity contribution is 6.46. The van der Waals surface area contributed by atoms with Gasteiger partial charge in [0.05, 0.1) is 32.9 Å². The molecule has 0 aliphatic carbocycles. The monoisotopic (exact) mass is 369 g/mol. The number of aliphatic hydroxyl groups excluding tert-OH is 1. The zero-order chi connectivity index (χ0) is 19.6. The van der Waals surface area contributed by atoms with E-state index in [9.17, 15) is 14.7 Å². The summed E-state index contributed by atoms with van der Waals surface area (Å²) in [5.74, 6) is -0.245. The lowest BCUT2D eigenvalue weighted by atomic mass is 9.95. The average Bonchev–Trinajstić information content (AvgIpc) is 3.01. The molecular formula is C20H19NO6. The Morgan fingerprint density at radius 1 is 0.926 bits per heavy atom. The van der Waals surface area contributed by atoms with E-state index in [0.717, 1.165) is 0 Å². The predicted molar refractivity (Wildman–Crippen MR) is 98.0 cm³/mol. The number of Topliss-reactive ketones (excluding diaryl/α,β-unsaturated/α-hetero) is 1. The first-order valence-corrected chi connectivity index (χ1v) is 8.14. The highest BCUT2D eigenvalue weighted by Crippen LogP contribution is 2.38. The molecule has 1 atom stereocenters. The molecule has 0 saturated carbocycles. The van der Waals surface area contributed by atoms with Gasteiger partial charge in [0.25, 0.3) is 11.7 Å². The normalized spacial score (nSPS) is 18.1. The number of ether oxygens (including phenoxy) is 3. The molecule has 0 unspecified atom stereocenters. The lowest BCUT2D eigenvalue weighted by Gasteiger charge is -2.17. The minimum Gasteiger partial charge on any atom is -0.507 e. The van der Waals surface area contributed by atoms with Crippen LogP contribution < -0.4 is 19.5 Å². The predicted octanol–water partition coefficient (Wildman–Crippen LogP) is 2.42. The summed E-state index contributed by atoms with van der Waals surface area (Å²) in [4.78, 5) is 24.5. The van der Waals surface area contributed by atoms with Crippen molar-refractivity contribution >= 4 is 17.4 Å². The van der Waals surface area contributed by atoms with Gasteiger partial charge in [-0.25, -0.2) is 0 Å². The Morgan fingerprint density at radius 2 is 1.56 bits per heavy atom. The molecule has 1 saturated heterocycles. The van der Waals surface area contributed by atoms with E-state index in [-0.39, 0.29) is 11.3 Å². The Balaban J connectivity index is 2.11. The van der Waals surface area contributed by atoms with Gasteiger partial charge in [0, 0.05) is 17.2 Å². The molecule has 3 rings (SSSR count). The van der Waals surface area contributed by atoms with Crippen molar-refractivity contribution in [2.24, 2.45) is 0 Å². The van der Waals surface area contributed by atoms with Crippen LogP contribution in [0.5, 0.6) is 17.2 Å². The van der Waals surface area contributed by atoms with Crippen LogP contribution >= 0.6 is 0 Å². The second-order valence-electron chi connectivity index (χ2n) is 5.83. The summed E-state index contributed by atoms with van der Waals surface area (Å²) >= 11 is 0. The second-order valence-corrected chi connectivity index (χ2v) is 5.83. The fraction of sp³-hybridized carbons (Fsp3) is 0.200. The van der Waals surface area contributed by atoms with Gasteiger partial charge in [-0.3, -0.25) is 9.59 Å². The van der Waals surface area contributed by atoms with Crippen LogP contribution in [-0.4, -0.2) is 38.1 Å². The fourth-order valence-electron chi connectivity index (χ4n) is 2.96. The molecule has 1 amide bonds.